The Labute approximate surface area is 321 Å². The Bertz CT molecular complexity index is 1050. The van der Waals surface area contributed by atoms with Crippen LogP contribution in [0.4, 0.5) is 0 Å². The van der Waals surface area contributed by atoms with E-state index in [9.17, 15) is 9.59 Å². The third-order valence-corrected chi connectivity index (χ3v) is 25.4. The van der Waals surface area contributed by atoms with Crippen LogP contribution in [0.25, 0.3) is 0 Å². The third kappa shape index (κ3) is 16.3. The van der Waals surface area contributed by atoms with Gasteiger partial charge in [-0.1, -0.05) is 169 Å². The molecule has 0 aliphatic rings. The highest BCUT2D eigenvalue weighted by molar-refractivity contribution is 14.2. The van der Waals surface area contributed by atoms with Gasteiger partial charge in [0.25, 0.3) is 0 Å². The largest absolute Gasteiger partial charge is 0.466 e. The van der Waals surface area contributed by atoms with Gasteiger partial charge in [0.1, 0.15) is 5.78 Å². The number of hydrogen-bond acceptors (Lipinski definition) is 4. The first-order valence-corrected chi connectivity index (χ1v) is 29.1. The second-order valence-corrected chi connectivity index (χ2v) is 28.6. The third-order valence-electron chi connectivity index (χ3n) is 8.02. The van der Waals surface area contributed by atoms with Crippen LogP contribution in [0.15, 0.2) is 18.2 Å². The molecule has 3 unspecified atom stereocenters. The van der Waals surface area contributed by atoms with Crippen LogP contribution in [0, 0.1) is 0 Å². The normalized spacial score (nSPS) is 14.4. The average Bonchev–Trinajstić information content (AvgIpc) is 2.99. The Balaban J connectivity index is 3.31. The summed E-state index contributed by atoms with van der Waals surface area (Å²) in [4.78, 5) is 23.4. The number of carbonyl (C=O) groups excluding carboxylic acids is 2. The second kappa shape index (κ2) is 22.7. The van der Waals surface area contributed by atoms with Crippen molar-refractivity contribution in [3.05, 3.63) is 34.9 Å². The summed E-state index contributed by atoms with van der Waals surface area (Å²) < 4.78 is 10.9. The minimum Gasteiger partial charge on any atom is -0.466 e. The van der Waals surface area contributed by atoms with Crippen molar-refractivity contribution >= 4 is 115 Å². The molecule has 3 radical (unpaired) electrons. The summed E-state index contributed by atoms with van der Waals surface area (Å²) in [7, 11) is 0. The van der Waals surface area contributed by atoms with E-state index in [1.165, 1.54) is 16.7 Å². The van der Waals surface area contributed by atoms with Crippen LogP contribution in [0.2, 0.25) is 12.6 Å². The van der Waals surface area contributed by atoms with E-state index in [0.717, 1.165) is 51.3 Å². The lowest BCUT2D eigenvalue weighted by molar-refractivity contribution is -0.143. The lowest BCUT2D eigenvalue weighted by Gasteiger charge is -2.38. The van der Waals surface area contributed by atoms with E-state index < -0.39 is 5.44 Å². The first-order valence-electron chi connectivity index (χ1n) is 16.3. The van der Waals surface area contributed by atoms with Crippen molar-refractivity contribution in [1.29, 1.82) is 0 Å². The van der Waals surface area contributed by atoms with Crippen molar-refractivity contribution in [2.24, 2.45) is 0 Å². The molecule has 45 heavy (non-hydrogen) atoms. The summed E-state index contributed by atoms with van der Waals surface area (Å²) in [5.41, 5.74) is 3.05. The number of Topliss-reactive ketones (excluding diaryl/α,β-unsaturated/α-hetero) is 1. The van der Waals surface area contributed by atoms with E-state index in [0.29, 0.717) is 31.7 Å². The maximum Gasteiger partial charge on any atom is 0.305 e. The summed E-state index contributed by atoms with van der Waals surface area (Å²) in [6.45, 7) is 29.9. The fraction of sp³-hybridized carbons (Fsp3) is 0.750. The van der Waals surface area contributed by atoms with E-state index in [2.05, 4.69) is 154 Å². The monoisotopic (exact) mass is 1010 g/mol. The molecule has 0 saturated carbocycles. The Morgan fingerprint density at radius 2 is 1.27 bits per heavy atom. The zero-order valence-electron chi connectivity index (χ0n) is 29.1. The first-order chi connectivity index (χ1) is 21.0. The minimum absolute atomic E-state index is 0.0162. The molecule has 13 heteroatoms. The summed E-state index contributed by atoms with van der Waals surface area (Å²) in [6.07, 6.45) is 7.80. The van der Waals surface area contributed by atoms with Gasteiger partial charge >= 0.3 is 5.97 Å². The highest BCUT2D eigenvalue weighted by atomic mass is 127. The van der Waals surface area contributed by atoms with E-state index in [4.69, 9.17) is 9.47 Å². The van der Waals surface area contributed by atoms with Crippen LogP contribution < -0.4 is 0 Å². The fourth-order valence-corrected chi connectivity index (χ4v) is 15.0. The average molecular weight is 1010 g/mol. The number of halogens is 3. The minimum atomic E-state index is -0.449. The van der Waals surface area contributed by atoms with Crippen LogP contribution in [-0.4, -0.2) is 58.7 Å². The molecule has 251 valence electrons. The highest BCUT2D eigenvalue weighted by Gasteiger charge is 2.36. The van der Waals surface area contributed by atoms with Crippen LogP contribution in [0.3, 0.4) is 0 Å². The molecule has 0 fully saturated rings. The van der Waals surface area contributed by atoms with Crippen LogP contribution in [0.5, 0.6) is 0 Å². The molecule has 1 rings (SSSR count). The number of esters is 1. The zero-order valence-corrected chi connectivity index (χ0v) is 38.2. The molecule has 3 atom stereocenters. The summed E-state index contributed by atoms with van der Waals surface area (Å²) in [5, 5.41) is -0.0820. The van der Waals surface area contributed by atoms with Crippen molar-refractivity contribution < 1.29 is 19.1 Å². The number of ether oxygens (including phenoxy) is 2. The summed E-state index contributed by atoms with van der Waals surface area (Å²) in [5.74, 6) is 0.250. The van der Waals surface area contributed by atoms with Crippen molar-refractivity contribution in [3.8, 4) is 0 Å². The molecular formula is C32H54B3I3O4P3. The van der Waals surface area contributed by atoms with Gasteiger partial charge in [0, 0.05) is 42.8 Å². The van der Waals surface area contributed by atoms with E-state index >= 15 is 0 Å². The van der Waals surface area contributed by atoms with Gasteiger partial charge in [-0.15, -0.1) is 0 Å². The Morgan fingerprint density at radius 3 is 1.76 bits per heavy atom. The molecule has 4 nitrogen and oxygen atoms in total. The van der Waals surface area contributed by atoms with Crippen molar-refractivity contribution in [1.82, 2.24) is 0 Å². The van der Waals surface area contributed by atoms with Crippen molar-refractivity contribution in [3.63, 3.8) is 0 Å². The summed E-state index contributed by atoms with van der Waals surface area (Å²) >= 11 is 7.99. The van der Waals surface area contributed by atoms with E-state index in [1.807, 2.05) is 13.8 Å². The Hall–Kier alpha value is 1.99. The molecule has 0 amide bonds. The lowest BCUT2D eigenvalue weighted by atomic mass is 9.65. The predicted molar refractivity (Wildman–Crippen MR) is 232 cm³/mol. The van der Waals surface area contributed by atoms with Gasteiger partial charge in [-0.2, -0.15) is 0 Å². The maximum absolute atomic E-state index is 11.9. The number of rotatable bonds is 24. The maximum atomic E-state index is 11.9. The van der Waals surface area contributed by atoms with Gasteiger partial charge in [0.05, 0.1) is 6.61 Å². The Morgan fingerprint density at radius 1 is 0.756 bits per heavy atom. The van der Waals surface area contributed by atoms with Gasteiger partial charge in [0.15, 0.2) is 21.0 Å². The molecule has 0 heterocycles. The van der Waals surface area contributed by atoms with E-state index in [1.54, 1.807) is 0 Å². The topological polar surface area (TPSA) is 52.6 Å². The van der Waals surface area contributed by atoms with Crippen molar-refractivity contribution in [2.75, 3.05) is 26.0 Å². The molecule has 0 N–H and O–H groups in total. The molecule has 0 aliphatic carbocycles. The molecule has 1 aromatic rings. The number of ketones is 1. The smallest absolute Gasteiger partial charge is 0.305 e. The van der Waals surface area contributed by atoms with Crippen LogP contribution in [0.1, 0.15) is 118 Å². The summed E-state index contributed by atoms with van der Waals surface area (Å²) in [6, 6.07) is 7.46. The SMILES string of the molecule is CCOCCC[B]P(I)C(C)(C)c1cc(C(C)(C)[B]P(I)CCCC(=O)CC)cc(C(C)(C)P(I)[B]CCCOC(=O)CC)c1. The quantitative estimate of drug-likeness (QED) is 0.0340. The van der Waals surface area contributed by atoms with Gasteiger partial charge < -0.3 is 9.47 Å². The fourth-order valence-electron chi connectivity index (χ4n) is 4.61. The predicted octanol–water partition coefficient (Wildman–Crippen LogP) is 12.1. The van der Waals surface area contributed by atoms with Crippen molar-refractivity contribution in [2.45, 2.75) is 129 Å². The van der Waals surface area contributed by atoms with Crippen LogP contribution in [-0.2, 0) is 34.7 Å². The second-order valence-electron chi connectivity index (χ2n) is 12.9. The number of carbonyl (C=O) groups is 2. The van der Waals surface area contributed by atoms with Gasteiger partial charge in [-0.25, -0.2) is 0 Å². The standard InChI is InChI=1S/C32H54B3I3O4P3/c1-10-28(39)16-13-21-43(36)35-30(4,5)25-22-26(31(6,7)44(37)33-17-14-19-41-12-3)24-27(23-25)32(8,9)45(38)34-18-15-20-42-29(40)11-2/h22-24H,10-21H2,1-9H3. The molecule has 0 aliphatic heterocycles. The van der Waals surface area contributed by atoms with Crippen LogP contribution >= 0.6 is 82.5 Å². The van der Waals surface area contributed by atoms with E-state index in [-0.39, 0.29) is 32.5 Å². The molecule has 0 aromatic heterocycles. The Kier molecular flexibility index (Phi) is 22.7. The highest BCUT2D eigenvalue weighted by Crippen LogP contribution is 2.64. The van der Waals surface area contributed by atoms with Gasteiger partial charge in [-0.3, -0.25) is 9.59 Å². The number of hydrogen-bond donors (Lipinski definition) is 0. The molecule has 0 bridgehead atoms. The van der Waals surface area contributed by atoms with Gasteiger partial charge in [-0.05, 0) is 54.4 Å². The van der Waals surface area contributed by atoms with Gasteiger partial charge in [0.2, 0.25) is 0 Å². The number of benzene rings is 1. The molecule has 1 aromatic carbocycles. The zero-order chi connectivity index (χ0) is 34.3. The first kappa shape index (κ1) is 45.0. The lowest BCUT2D eigenvalue weighted by Crippen LogP contribution is -2.27. The molecule has 0 spiro atoms. The molecular weight excluding hydrogens is 954 g/mol. The molecule has 0 saturated heterocycles.